The molecule has 0 saturated heterocycles. The molecule has 1 N–H and O–H groups in total. The molecule has 0 spiro atoms. The molecule has 0 saturated carbocycles. The third kappa shape index (κ3) is 2.15. The number of nitrogens with one attached hydrogen (secondary N) is 1. The zero-order valence-electron chi connectivity index (χ0n) is 13.4. The smallest absolute Gasteiger partial charge is 0.189 e. The van der Waals surface area contributed by atoms with Gasteiger partial charge in [-0.05, 0) is 35.9 Å². The molecule has 1 aliphatic rings. The van der Waals surface area contributed by atoms with Gasteiger partial charge in [0.2, 0.25) is 0 Å². The van der Waals surface area contributed by atoms with Crippen molar-refractivity contribution in [1.29, 1.82) is 0 Å². The lowest BCUT2D eigenvalue weighted by atomic mass is 10.0. The second kappa shape index (κ2) is 5.31. The Bertz CT molecular complexity index is 1160. The van der Waals surface area contributed by atoms with Crippen LogP contribution < -0.4 is 10.7 Å². The van der Waals surface area contributed by atoms with Gasteiger partial charge in [0.1, 0.15) is 0 Å². The lowest BCUT2D eigenvalue weighted by Gasteiger charge is -2.26. The number of fused-ring (bicyclic) bond motifs is 2. The highest BCUT2D eigenvalue weighted by atomic mass is 16.1. The number of nitrogens with zero attached hydrogens (tertiary/aromatic N) is 2. The number of para-hydroxylation sites is 3. The van der Waals surface area contributed by atoms with E-state index in [2.05, 4.69) is 27.0 Å². The number of benzene rings is 2. The van der Waals surface area contributed by atoms with E-state index in [4.69, 9.17) is 0 Å². The molecular weight excluding hydrogens is 310 g/mol. The van der Waals surface area contributed by atoms with Crippen molar-refractivity contribution in [2.24, 2.45) is 0 Å². The van der Waals surface area contributed by atoms with Crippen molar-refractivity contribution >= 4 is 22.3 Å². The maximum absolute atomic E-state index is 12.7. The van der Waals surface area contributed by atoms with Crippen molar-refractivity contribution in [2.75, 3.05) is 5.32 Å². The van der Waals surface area contributed by atoms with Gasteiger partial charge in [-0.25, -0.2) is 0 Å². The SMILES string of the molecule is O=c1cc(Cc2cccnc2)n2c3c(cccc13)Nc1ccccc1-2. The summed E-state index contributed by atoms with van der Waals surface area (Å²) in [6.45, 7) is 0. The second-order valence-electron chi connectivity index (χ2n) is 6.22. The minimum atomic E-state index is 0.0492. The highest BCUT2D eigenvalue weighted by molar-refractivity contribution is 5.98. The summed E-state index contributed by atoms with van der Waals surface area (Å²) in [6, 6.07) is 19.7. The maximum atomic E-state index is 12.7. The van der Waals surface area contributed by atoms with Gasteiger partial charge in [0.15, 0.2) is 5.43 Å². The normalized spacial score (nSPS) is 11.8. The summed E-state index contributed by atoms with van der Waals surface area (Å²) in [4.78, 5) is 16.9. The third-order valence-corrected chi connectivity index (χ3v) is 4.63. The van der Waals surface area contributed by atoms with Crippen molar-refractivity contribution in [3.63, 3.8) is 0 Å². The van der Waals surface area contributed by atoms with Crippen LogP contribution in [0.1, 0.15) is 11.3 Å². The molecule has 4 aromatic rings. The first-order valence-corrected chi connectivity index (χ1v) is 8.24. The molecule has 4 heteroatoms. The molecule has 0 radical (unpaired) electrons. The fourth-order valence-electron chi connectivity index (χ4n) is 3.56. The highest BCUT2D eigenvalue weighted by Gasteiger charge is 2.20. The number of aromatic nitrogens is 2. The average Bonchev–Trinajstić information content (AvgIpc) is 2.65. The Labute approximate surface area is 144 Å². The Morgan fingerprint density at radius 2 is 1.84 bits per heavy atom. The first-order chi connectivity index (χ1) is 12.3. The number of rotatable bonds is 2. The number of anilines is 2. The van der Waals surface area contributed by atoms with Gasteiger partial charge in [0.05, 0.1) is 22.6 Å². The quantitative estimate of drug-likeness (QED) is 0.533. The molecule has 0 aliphatic carbocycles. The fourth-order valence-corrected chi connectivity index (χ4v) is 3.56. The van der Waals surface area contributed by atoms with Gasteiger partial charge in [-0.2, -0.15) is 0 Å². The Morgan fingerprint density at radius 1 is 0.960 bits per heavy atom. The summed E-state index contributed by atoms with van der Waals surface area (Å²) in [5.74, 6) is 0. The summed E-state index contributed by atoms with van der Waals surface area (Å²) in [5, 5.41) is 4.18. The summed E-state index contributed by atoms with van der Waals surface area (Å²) in [7, 11) is 0. The monoisotopic (exact) mass is 325 g/mol. The lowest BCUT2D eigenvalue weighted by Crippen LogP contribution is -2.18. The number of pyridine rings is 2. The number of hydrogen-bond donors (Lipinski definition) is 1. The van der Waals surface area contributed by atoms with E-state index in [0.29, 0.717) is 6.42 Å². The predicted octanol–water partition coefficient (Wildman–Crippen LogP) is 4.03. The van der Waals surface area contributed by atoms with Gasteiger partial charge in [-0.1, -0.05) is 24.3 Å². The van der Waals surface area contributed by atoms with Crippen LogP contribution in [-0.2, 0) is 6.42 Å². The molecule has 3 heterocycles. The van der Waals surface area contributed by atoms with E-state index in [-0.39, 0.29) is 5.43 Å². The Kier molecular flexibility index (Phi) is 2.97. The topological polar surface area (TPSA) is 46.9 Å². The fraction of sp³-hybridized carbons (Fsp3) is 0.0476. The van der Waals surface area contributed by atoms with E-state index in [0.717, 1.165) is 39.2 Å². The van der Waals surface area contributed by atoms with Crippen molar-refractivity contribution < 1.29 is 0 Å². The third-order valence-electron chi connectivity index (χ3n) is 4.63. The first-order valence-electron chi connectivity index (χ1n) is 8.24. The molecule has 4 nitrogen and oxygen atoms in total. The minimum absolute atomic E-state index is 0.0492. The highest BCUT2D eigenvalue weighted by Crippen LogP contribution is 2.37. The van der Waals surface area contributed by atoms with Crippen LogP contribution in [0.15, 0.2) is 77.9 Å². The molecule has 0 unspecified atom stereocenters. The second-order valence-corrected chi connectivity index (χ2v) is 6.22. The van der Waals surface area contributed by atoms with E-state index in [9.17, 15) is 4.79 Å². The molecular formula is C21H15N3O. The van der Waals surface area contributed by atoms with Crippen LogP contribution >= 0.6 is 0 Å². The van der Waals surface area contributed by atoms with Gasteiger partial charge in [-0.3, -0.25) is 9.78 Å². The Balaban J connectivity index is 1.86. The summed E-state index contributed by atoms with van der Waals surface area (Å²) >= 11 is 0. The van der Waals surface area contributed by atoms with Crippen LogP contribution in [0.3, 0.4) is 0 Å². The largest absolute Gasteiger partial charge is 0.352 e. The molecule has 25 heavy (non-hydrogen) atoms. The molecule has 1 aliphatic heterocycles. The zero-order chi connectivity index (χ0) is 16.8. The standard InChI is InChI=1S/C21H15N3O/c25-20-12-15(11-14-5-4-10-22-13-14)24-19-9-2-1-7-17(19)23-18-8-3-6-16(20)21(18)24/h1-10,12-13,23H,11H2. The van der Waals surface area contributed by atoms with Crippen LogP contribution in [0.25, 0.3) is 16.6 Å². The van der Waals surface area contributed by atoms with Gasteiger partial charge < -0.3 is 9.88 Å². The molecule has 5 rings (SSSR count). The molecule has 2 aromatic carbocycles. The van der Waals surface area contributed by atoms with Gasteiger partial charge in [0.25, 0.3) is 0 Å². The van der Waals surface area contributed by atoms with Crippen molar-refractivity contribution in [2.45, 2.75) is 6.42 Å². The van der Waals surface area contributed by atoms with Crippen LogP contribution in [0, 0.1) is 0 Å². The Hall–Kier alpha value is -3.40. The van der Waals surface area contributed by atoms with Crippen LogP contribution in [0.5, 0.6) is 0 Å². The molecule has 0 bridgehead atoms. The summed E-state index contributed by atoms with van der Waals surface area (Å²) < 4.78 is 2.20. The van der Waals surface area contributed by atoms with Gasteiger partial charge >= 0.3 is 0 Å². The minimum Gasteiger partial charge on any atom is -0.352 e. The van der Waals surface area contributed by atoms with Crippen molar-refractivity contribution in [3.05, 3.63) is 94.5 Å². The van der Waals surface area contributed by atoms with E-state index < -0.39 is 0 Å². The molecule has 0 atom stereocenters. The summed E-state index contributed by atoms with van der Waals surface area (Å²) in [5.41, 5.74) is 6.09. The van der Waals surface area contributed by atoms with Crippen LogP contribution in [-0.4, -0.2) is 9.55 Å². The predicted molar refractivity (Wildman–Crippen MR) is 99.9 cm³/mol. The molecule has 0 amide bonds. The van der Waals surface area contributed by atoms with Gasteiger partial charge in [0, 0.05) is 36.0 Å². The molecule has 120 valence electrons. The van der Waals surface area contributed by atoms with E-state index in [1.165, 1.54) is 0 Å². The molecule has 0 fully saturated rings. The molecule has 2 aromatic heterocycles. The first kappa shape index (κ1) is 14.0. The maximum Gasteiger partial charge on any atom is 0.189 e. The Morgan fingerprint density at radius 3 is 2.72 bits per heavy atom. The van der Waals surface area contributed by atoms with Crippen molar-refractivity contribution in [1.82, 2.24) is 9.55 Å². The van der Waals surface area contributed by atoms with E-state index >= 15 is 0 Å². The van der Waals surface area contributed by atoms with Crippen molar-refractivity contribution in [3.8, 4) is 5.69 Å². The van der Waals surface area contributed by atoms with Gasteiger partial charge in [-0.15, -0.1) is 0 Å². The average molecular weight is 325 g/mol. The number of hydrogen-bond acceptors (Lipinski definition) is 3. The lowest BCUT2D eigenvalue weighted by molar-refractivity contribution is 0.952. The van der Waals surface area contributed by atoms with Crippen LogP contribution in [0.2, 0.25) is 0 Å². The zero-order valence-corrected chi connectivity index (χ0v) is 13.4. The van der Waals surface area contributed by atoms with E-state index in [1.807, 2.05) is 48.7 Å². The van der Waals surface area contributed by atoms with E-state index in [1.54, 1.807) is 12.3 Å². The summed E-state index contributed by atoms with van der Waals surface area (Å²) in [6.07, 6.45) is 4.26. The van der Waals surface area contributed by atoms with Crippen LogP contribution in [0.4, 0.5) is 11.4 Å².